The molecule has 0 aromatic heterocycles. The Kier molecular flexibility index (Phi) is 4.98. The fourth-order valence-corrected chi connectivity index (χ4v) is 2.09. The van der Waals surface area contributed by atoms with Gasteiger partial charge < -0.3 is 9.84 Å². The molecule has 3 nitrogen and oxygen atoms in total. The fourth-order valence-electron chi connectivity index (χ4n) is 2.09. The summed E-state index contributed by atoms with van der Waals surface area (Å²) in [6, 6.07) is 9.71. The highest BCUT2D eigenvalue weighted by atomic mass is 16.6. The molecule has 0 fully saturated rings. The second kappa shape index (κ2) is 5.96. The summed E-state index contributed by atoms with van der Waals surface area (Å²) in [6.07, 6.45) is -0.806. The highest BCUT2D eigenvalue weighted by molar-refractivity contribution is 5.77. The van der Waals surface area contributed by atoms with Crippen molar-refractivity contribution in [3.8, 4) is 0 Å². The second-order valence-corrected chi connectivity index (χ2v) is 6.87. The number of esters is 1. The topological polar surface area (TPSA) is 46.5 Å². The molecule has 0 saturated carbocycles. The number of aliphatic hydroxyl groups is 1. The highest BCUT2D eigenvalue weighted by Crippen LogP contribution is 2.34. The molecule has 3 heteroatoms. The lowest BCUT2D eigenvalue weighted by molar-refractivity contribution is -0.173. The quantitative estimate of drug-likeness (QED) is 0.857. The summed E-state index contributed by atoms with van der Waals surface area (Å²) >= 11 is 0. The van der Waals surface area contributed by atoms with Crippen LogP contribution in [0.5, 0.6) is 0 Å². The summed E-state index contributed by atoms with van der Waals surface area (Å²) in [6.45, 7) is 10.9. The number of benzene rings is 1. The zero-order chi connectivity index (χ0) is 15.6. The average molecular weight is 278 g/mol. The van der Waals surface area contributed by atoms with Crippen molar-refractivity contribution in [3.05, 3.63) is 35.9 Å². The van der Waals surface area contributed by atoms with Crippen LogP contribution in [0.4, 0.5) is 0 Å². The van der Waals surface area contributed by atoms with Gasteiger partial charge >= 0.3 is 5.97 Å². The number of aliphatic hydroxyl groups excluding tert-OH is 1. The van der Waals surface area contributed by atoms with E-state index in [0.29, 0.717) is 0 Å². The van der Waals surface area contributed by atoms with Gasteiger partial charge in [0.05, 0.1) is 11.5 Å². The first-order valence-electron chi connectivity index (χ1n) is 7.02. The molecule has 1 aromatic carbocycles. The van der Waals surface area contributed by atoms with E-state index in [9.17, 15) is 9.90 Å². The Bertz CT molecular complexity index is 443. The van der Waals surface area contributed by atoms with Crippen LogP contribution < -0.4 is 0 Å². The smallest absolute Gasteiger partial charge is 0.314 e. The molecule has 20 heavy (non-hydrogen) atoms. The lowest BCUT2D eigenvalue weighted by Crippen LogP contribution is -2.44. The Labute approximate surface area is 122 Å². The van der Waals surface area contributed by atoms with Gasteiger partial charge in [0.1, 0.15) is 5.60 Å². The van der Waals surface area contributed by atoms with E-state index in [-0.39, 0.29) is 11.9 Å². The molecule has 1 rings (SSSR count). The molecule has 0 bridgehead atoms. The Morgan fingerprint density at radius 2 is 1.60 bits per heavy atom. The van der Waals surface area contributed by atoms with Gasteiger partial charge in [0, 0.05) is 5.92 Å². The minimum atomic E-state index is -0.956. The zero-order valence-corrected chi connectivity index (χ0v) is 13.3. The van der Waals surface area contributed by atoms with Crippen LogP contribution in [0.3, 0.4) is 0 Å². The van der Waals surface area contributed by atoms with E-state index in [4.69, 9.17) is 4.74 Å². The van der Waals surface area contributed by atoms with Crippen molar-refractivity contribution in [2.24, 2.45) is 5.41 Å². The van der Waals surface area contributed by atoms with Crippen molar-refractivity contribution < 1.29 is 14.6 Å². The standard InChI is InChI=1S/C17H26O3/c1-12(13-10-8-7-9-11-13)14(18)17(5,6)15(19)20-16(2,3)4/h7-12,14,18H,1-6H3/t12-,14+/m0/s1. The van der Waals surface area contributed by atoms with E-state index < -0.39 is 17.1 Å². The Morgan fingerprint density at radius 3 is 2.05 bits per heavy atom. The maximum absolute atomic E-state index is 12.3. The van der Waals surface area contributed by atoms with Crippen LogP contribution in [0.15, 0.2) is 30.3 Å². The van der Waals surface area contributed by atoms with Crippen LogP contribution in [-0.2, 0) is 9.53 Å². The highest BCUT2D eigenvalue weighted by Gasteiger charge is 2.42. The molecule has 0 aliphatic carbocycles. The van der Waals surface area contributed by atoms with E-state index in [1.54, 1.807) is 13.8 Å². The van der Waals surface area contributed by atoms with Gasteiger partial charge in [0.25, 0.3) is 0 Å². The van der Waals surface area contributed by atoms with Gasteiger partial charge in [-0.2, -0.15) is 0 Å². The predicted octanol–water partition coefficient (Wildman–Crippen LogP) is 3.52. The molecule has 0 heterocycles. The first-order valence-corrected chi connectivity index (χ1v) is 7.02. The summed E-state index contributed by atoms with van der Waals surface area (Å²) in [7, 11) is 0. The third-order valence-electron chi connectivity index (χ3n) is 3.46. The van der Waals surface area contributed by atoms with E-state index in [2.05, 4.69) is 0 Å². The number of ether oxygens (including phenoxy) is 1. The van der Waals surface area contributed by atoms with Gasteiger partial charge in [-0.3, -0.25) is 4.79 Å². The minimum Gasteiger partial charge on any atom is -0.459 e. The van der Waals surface area contributed by atoms with Gasteiger partial charge in [-0.15, -0.1) is 0 Å². The molecule has 0 saturated heterocycles. The number of carbonyl (C=O) groups is 1. The first-order chi connectivity index (χ1) is 9.05. The first kappa shape index (κ1) is 16.7. The molecule has 0 spiro atoms. The van der Waals surface area contributed by atoms with Crippen molar-refractivity contribution >= 4 is 5.97 Å². The summed E-state index contributed by atoms with van der Waals surface area (Å²) < 4.78 is 5.41. The van der Waals surface area contributed by atoms with Gasteiger partial charge in [0.15, 0.2) is 0 Å². The van der Waals surface area contributed by atoms with Crippen LogP contribution in [-0.4, -0.2) is 22.8 Å². The van der Waals surface area contributed by atoms with Gasteiger partial charge in [-0.25, -0.2) is 0 Å². The second-order valence-electron chi connectivity index (χ2n) is 6.87. The Morgan fingerprint density at radius 1 is 1.10 bits per heavy atom. The SMILES string of the molecule is C[C@@H](c1ccccc1)[C@@H](O)C(C)(C)C(=O)OC(C)(C)C. The molecular formula is C17H26O3. The number of hydrogen-bond acceptors (Lipinski definition) is 3. The average Bonchev–Trinajstić information content (AvgIpc) is 2.36. The number of carbonyl (C=O) groups excluding carboxylic acids is 1. The summed E-state index contributed by atoms with van der Waals surface area (Å²) in [5, 5.41) is 10.6. The van der Waals surface area contributed by atoms with Crippen LogP contribution in [0.2, 0.25) is 0 Å². The lowest BCUT2D eigenvalue weighted by atomic mass is 9.77. The van der Waals surface area contributed by atoms with Crippen LogP contribution >= 0.6 is 0 Å². The maximum Gasteiger partial charge on any atom is 0.314 e. The van der Waals surface area contributed by atoms with Crippen molar-refractivity contribution in [2.75, 3.05) is 0 Å². The summed E-state index contributed by atoms with van der Waals surface area (Å²) in [5.41, 5.74) is -0.497. The largest absolute Gasteiger partial charge is 0.459 e. The van der Waals surface area contributed by atoms with Crippen molar-refractivity contribution in [2.45, 2.75) is 59.2 Å². The molecule has 0 aliphatic heterocycles. The molecule has 0 aliphatic rings. The van der Waals surface area contributed by atoms with Gasteiger partial charge in [-0.1, -0.05) is 37.3 Å². The third kappa shape index (κ3) is 4.07. The molecule has 0 radical (unpaired) electrons. The Hall–Kier alpha value is -1.35. The Balaban J connectivity index is 2.89. The minimum absolute atomic E-state index is 0.140. The van der Waals surface area contributed by atoms with E-state index in [1.165, 1.54) is 0 Å². The van der Waals surface area contributed by atoms with Crippen molar-refractivity contribution in [1.82, 2.24) is 0 Å². The molecule has 2 atom stereocenters. The van der Waals surface area contributed by atoms with Gasteiger partial charge in [0.2, 0.25) is 0 Å². The molecule has 0 unspecified atom stereocenters. The molecule has 112 valence electrons. The zero-order valence-electron chi connectivity index (χ0n) is 13.3. The monoisotopic (exact) mass is 278 g/mol. The van der Waals surface area contributed by atoms with E-state index in [0.717, 1.165) is 5.56 Å². The molecular weight excluding hydrogens is 252 g/mol. The summed E-state index contributed by atoms with van der Waals surface area (Å²) in [5.74, 6) is -0.515. The van der Waals surface area contributed by atoms with Crippen molar-refractivity contribution in [3.63, 3.8) is 0 Å². The van der Waals surface area contributed by atoms with Crippen molar-refractivity contribution in [1.29, 1.82) is 0 Å². The number of hydrogen-bond donors (Lipinski definition) is 1. The van der Waals surface area contributed by atoms with E-state index >= 15 is 0 Å². The van der Waals surface area contributed by atoms with Gasteiger partial charge in [-0.05, 0) is 40.2 Å². The van der Waals surface area contributed by atoms with Crippen LogP contribution in [0.1, 0.15) is 53.0 Å². The fraction of sp³-hybridized carbons (Fsp3) is 0.588. The summed E-state index contributed by atoms with van der Waals surface area (Å²) in [4.78, 5) is 12.3. The molecule has 0 amide bonds. The normalized spacial score (nSPS) is 15.6. The third-order valence-corrected chi connectivity index (χ3v) is 3.46. The van der Waals surface area contributed by atoms with Crippen LogP contribution in [0.25, 0.3) is 0 Å². The molecule has 1 aromatic rings. The van der Waals surface area contributed by atoms with E-state index in [1.807, 2.05) is 58.0 Å². The predicted molar refractivity (Wildman–Crippen MR) is 80.5 cm³/mol. The number of rotatable bonds is 4. The van der Waals surface area contributed by atoms with Crippen LogP contribution in [0, 0.1) is 5.41 Å². The maximum atomic E-state index is 12.3. The molecule has 1 N–H and O–H groups in total. The lowest BCUT2D eigenvalue weighted by Gasteiger charge is -2.35.